The van der Waals surface area contributed by atoms with Crippen LogP contribution in [0, 0.1) is 5.41 Å². The molecule has 1 heterocycles. The number of nitrogens with one attached hydrogen (secondary N) is 1. The van der Waals surface area contributed by atoms with Gasteiger partial charge in [0.15, 0.2) is 5.82 Å². The molecule has 1 aromatic rings. The van der Waals surface area contributed by atoms with Gasteiger partial charge in [0, 0.05) is 37.0 Å². The van der Waals surface area contributed by atoms with Crippen molar-refractivity contribution in [3.63, 3.8) is 0 Å². The fraction of sp³-hybridized carbons (Fsp3) is 0.667. The molecule has 0 saturated carbocycles. The number of rotatable bonds is 5. The van der Waals surface area contributed by atoms with Crippen LogP contribution < -0.4 is 10.9 Å². The lowest BCUT2D eigenvalue weighted by molar-refractivity contribution is 0.170. The van der Waals surface area contributed by atoms with Crippen molar-refractivity contribution < 1.29 is 5.11 Å². The number of anilines is 1. The summed E-state index contributed by atoms with van der Waals surface area (Å²) >= 11 is 0. The molecule has 0 atom stereocenters. The van der Waals surface area contributed by atoms with Gasteiger partial charge in [0.05, 0.1) is 0 Å². The van der Waals surface area contributed by atoms with Gasteiger partial charge in [0.1, 0.15) is 0 Å². The van der Waals surface area contributed by atoms with E-state index >= 15 is 0 Å². The summed E-state index contributed by atoms with van der Waals surface area (Å²) in [5.74, 6) is 0.336. The third-order valence-corrected chi connectivity index (χ3v) is 2.59. The molecule has 17 heavy (non-hydrogen) atoms. The van der Waals surface area contributed by atoms with E-state index in [9.17, 15) is 4.79 Å². The van der Waals surface area contributed by atoms with E-state index in [-0.39, 0.29) is 23.6 Å². The minimum absolute atomic E-state index is 0.0607. The van der Waals surface area contributed by atoms with Gasteiger partial charge in [0.2, 0.25) is 0 Å². The highest BCUT2D eigenvalue weighted by molar-refractivity contribution is 5.31. The Morgan fingerprint density at radius 1 is 1.53 bits per heavy atom. The van der Waals surface area contributed by atoms with Crippen LogP contribution in [0.5, 0.6) is 0 Å². The van der Waals surface area contributed by atoms with E-state index in [4.69, 9.17) is 5.11 Å². The molecule has 0 aliphatic heterocycles. The normalized spacial score (nSPS) is 11.9. The molecule has 0 amide bonds. The molecular weight excluding hydrogens is 218 g/mol. The number of hydrogen-bond acceptors (Lipinski definition) is 4. The van der Waals surface area contributed by atoms with Gasteiger partial charge in [-0.2, -0.15) is 0 Å². The predicted molar refractivity (Wildman–Crippen MR) is 68.2 cm³/mol. The summed E-state index contributed by atoms with van der Waals surface area (Å²) in [4.78, 5) is 16.0. The van der Waals surface area contributed by atoms with Crippen LogP contribution in [0.15, 0.2) is 17.2 Å². The molecule has 0 aliphatic carbocycles. The fourth-order valence-electron chi connectivity index (χ4n) is 1.33. The van der Waals surface area contributed by atoms with Gasteiger partial charge in [-0.15, -0.1) is 0 Å². The summed E-state index contributed by atoms with van der Waals surface area (Å²) in [5, 5.41) is 12.1. The Hall–Kier alpha value is -1.36. The zero-order chi connectivity index (χ0) is 13.1. The van der Waals surface area contributed by atoms with Gasteiger partial charge in [0.25, 0.3) is 5.56 Å². The molecule has 0 aliphatic rings. The minimum Gasteiger partial charge on any atom is -0.396 e. The Morgan fingerprint density at radius 3 is 2.71 bits per heavy atom. The molecule has 0 radical (unpaired) electrons. The maximum atomic E-state index is 12.0. The number of aliphatic hydroxyl groups excluding tert-OH is 1. The number of aliphatic hydroxyl groups is 1. The SMILES string of the molecule is CC(C)n1ccnc(NCC(C)(C)CO)c1=O. The molecule has 0 unspecified atom stereocenters. The van der Waals surface area contributed by atoms with Crippen LogP contribution in [-0.4, -0.2) is 27.8 Å². The van der Waals surface area contributed by atoms with Crippen molar-refractivity contribution in [3.05, 3.63) is 22.7 Å². The molecule has 96 valence electrons. The van der Waals surface area contributed by atoms with Gasteiger partial charge < -0.3 is 15.0 Å². The molecule has 0 bridgehead atoms. The first-order valence-corrected chi connectivity index (χ1v) is 5.79. The summed E-state index contributed by atoms with van der Waals surface area (Å²) in [5.41, 5.74) is -0.400. The summed E-state index contributed by atoms with van der Waals surface area (Å²) in [6.45, 7) is 8.30. The first-order valence-electron chi connectivity index (χ1n) is 5.79. The van der Waals surface area contributed by atoms with E-state index in [1.54, 1.807) is 17.0 Å². The standard InChI is InChI=1S/C12H21N3O2/c1-9(2)15-6-5-13-10(11(15)17)14-7-12(3,4)8-16/h5-6,9,16H,7-8H2,1-4H3,(H,13,14). The monoisotopic (exact) mass is 239 g/mol. The molecule has 0 spiro atoms. The molecular formula is C12H21N3O2. The Labute approximate surface area is 102 Å². The quantitative estimate of drug-likeness (QED) is 0.811. The molecule has 0 aromatic carbocycles. The maximum absolute atomic E-state index is 12.0. The van der Waals surface area contributed by atoms with E-state index in [1.807, 2.05) is 27.7 Å². The second-order valence-corrected chi connectivity index (χ2v) is 5.26. The Balaban J connectivity index is 2.86. The zero-order valence-electron chi connectivity index (χ0n) is 10.9. The van der Waals surface area contributed by atoms with Crippen LogP contribution in [0.3, 0.4) is 0 Å². The predicted octanol–water partition coefficient (Wildman–Crippen LogP) is 1.25. The molecule has 0 saturated heterocycles. The van der Waals surface area contributed by atoms with Gasteiger partial charge in [-0.1, -0.05) is 13.8 Å². The lowest BCUT2D eigenvalue weighted by atomic mass is 9.95. The van der Waals surface area contributed by atoms with E-state index in [0.717, 1.165) is 0 Å². The molecule has 5 nitrogen and oxygen atoms in total. The van der Waals surface area contributed by atoms with E-state index in [0.29, 0.717) is 12.4 Å². The van der Waals surface area contributed by atoms with Crippen LogP contribution in [0.2, 0.25) is 0 Å². The third kappa shape index (κ3) is 3.56. The largest absolute Gasteiger partial charge is 0.396 e. The van der Waals surface area contributed by atoms with Crippen molar-refractivity contribution in [2.75, 3.05) is 18.5 Å². The Kier molecular flexibility index (Phi) is 4.28. The first kappa shape index (κ1) is 13.7. The van der Waals surface area contributed by atoms with Crippen LogP contribution in [0.4, 0.5) is 5.82 Å². The minimum atomic E-state index is -0.271. The van der Waals surface area contributed by atoms with Crippen molar-refractivity contribution in [3.8, 4) is 0 Å². The van der Waals surface area contributed by atoms with E-state index in [1.165, 1.54) is 0 Å². The molecule has 0 fully saturated rings. The van der Waals surface area contributed by atoms with Crippen LogP contribution in [-0.2, 0) is 0 Å². The molecule has 1 aromatic heterocycles. The average Bonchev–Trinajstić information content (AvgIpc) is 2.27. The van der Waals surface area contributed by atoms with Crippen molar-refractivity contribution in [1.29, 1.82) is 0 Å². The maximum Gasteiger partial charge on any atom is 0.293 e. The average molecular weight is 239 g/mol. The molecule has 5 heteroatoms. The highest BCUT2D eigenvalue weighted by Crippen LogP contribution is 2.13. The fourth-order valence-corrected chi connectivity index (χ4v) is 1.33. The van der Waals surface area contributed by atoms with Crippen LogP contribution in [0.25, 0.3) is 0 Å². The number of hydrogen-bond donors (Lipinski definition) is 2. The van der Waals surface area contributed by atoms with Gasteiger partial charge in [-0.25, -0.2) is 4.98 Å². The van der Waals surface area contributed by atoms with Crippen molar-refractivity contribution in [2.24, 2.45) is 5.41 Å². The van der Waals surface area contributed by atoms with E-state index < -0.39 is 0 Å². The van der Waals surface area contributed by atoms with Gasteiger partial charge in [-0.3, -0.25) is 4.79 Å². The Bertz CT molecular complexity index is 424. The highest BCUT2D eigenvalue weighted by Gasteiger charge is 2.17. The summed E-state index contributed by atoms with van der Waals surface area (Å²) in [7, 11) is 0. The highest BCUT2D eigenvalue weighted by atomic mass is 16.3. The van der Waals surface area contributed by atoms with Crippen LogP contribution in [0.1, 0.15) is 33.7 Å². The van der Waals surface area contributed by atoms with Gasteiger partial charge >= 0.3 is 0 Å². The molecule has 1 rings (SSSR count). The van der Waals surface area contributed by atoms with Crippen molar-refractivity contribution in [2.45, 2.75) is 33.7 Å². The van der Waals surface area contributed by atoms with E-state index in [2.05, 4.69) is 10.3 Å². The Morgan fingerprint density at radius 2 is 2.18 bits per heavy atom. The summed E-state index contributed by atoms with van der Waals surface area (Å²) in [6.07, 6.45) is 3.28. The smallest absolute Gasteiger partial charge is 0.293 e. The topological polar surface area (TPSA) is 67.2 Å². The van der Waals surface area contributed by atoms with Crippen molar-refractivity contribution in [1.82, 2.24) is 9.55 Å². The van der Waals surface area contributed by atoms with Crippen molar-refractivity contribution >= 4 is 5.82 Å². The summed E-state index contributed by atoms with van der Waals surface area (Å²) in [6, 6.07) is 0.108. The first-order chi connectivity index (χ1) is 7.87. The van der Waals surface area contributed by atoms with Crippen LogP contribution >= 0.6 is 0 Å². The summed E-state index contributed by atoms with van der Waals surface area (Å²) < 4.78 is 1.63. The second kappa shape index (κ2) is 5.31. The lowest BCUT2D eigenvalue weighted by Crippen LogP contribution is -2.31. The third-order valence-electron chi connectivity index (χ3n) is 2.59. The number of aromatic nitrogens is 2. The number of nitrogens with zero attached hydrogens (tertiary/aromatic N) is 2. The zero-order valence-corrected chi connectivity index (χ0v) is 10.9. The second-order valence-electron chi connectivity index (χ2n) is 5.26. The molecule has 2 N–H and O–H groups in total. The van der Waals surface area contributed by atoms with Gasteiger partial charge in [-0.05, 0) is 13.8 Å². The lowest BCUT2D eigenvalue weighted by Gasteiger charge is -2.22.